The van der Waals surface area contributed by atoms with Gasteiger partial charge in [0.25, 0.3) is 0 Å². The molecule has 0 spiro atoms. The first kappa shape index (κ1) is 12.5. The van der Waals surface area contributed by atoms with Gasteiger partial charge in [0.1, 0.15) is 11.6 Å². The summed E-state index contributed by atoms with van der Waals surface area (Å²) in [6.07, 6.45) is 0.313. The van der Waals surface area contributed by atoms with Crippen molar-refractivity contribution in [2.24, 2.45) is 11.8 Å². The van der Waals surface area contributed by atoms with Gasteiger partial charge in [-0.2, -0.15) is 0 Å². The van der Waals surface area contributed by atoms with Crippen LogP contribution in [-0.4, -0.2) is 17.0 Å². The number of hydrogen-bond acceptors (Lipinski definition) is 2. The number of carboxylic acid groups (broad SMARTS) is 1. The molecular weight excluding hydrogens is 244 g/mol. The van der Waals surface area contributed by atoms with Crippen LogP contribution in [0, 0.1) is 23.5 Å². The van der Waals surface area contributed by atoms with E-state index in [1.807, 2.05) is 0 Å². The number of carboxylic acids is 1. The summed E-state index contributed by atoms with van der Waals surface area (Å²) >= 11 is 0. The first-order chi connectivity index (χ1) is 8.49. The van der Waals surface area contributed by atoms with E-state index in [2.05, 4.69) is 5.32 Å². The number of aliphatic carboxylic acids is 1. The number of rotatable bonds is 4. The topological polar surface area (TPSA) is 66.4 Å². The summed E-state index contributed by atoms with van der Waals surface area (Å²) in [6, 6.07) is 3.08. The molecule has 1 amide bonds. The van der Waals surface area contributed by atoms with Crippen LogP contribution in [0.3, 0.4) is 0 Å². The van der Waals surface area contributed by atoms with Gasteiger partial charge in [0, 0.05) is 18.2 Å². The Morgan fingerprint density at radius 3 is 2.61 bits per heavy atom. The lowest BCUT2D eigenvalue weighted by atomic mass is 10.2. The van der Waals surface area contributed by atoms with Crippen molar-refractivity contribution in [3.05, 3.63) is 35.4 Å². The Bertz CT molecular complexity index is 504. The molecule has 2 atom stereocenters. The summed E-state index contributed by atoms with van der Waals surface area (Å²) < 4.78 is 25.9. The molecule has 0 bridgehead atoms. The van der Waals surface area contributed by atoms with E-state index in [9.17, 15) is 18.4 Å². The van der Waals surface area contributed by atoms with Crippen LogP contribution in [0.25, 0.3) is 0 Å². The lowest BCUT2D eigenvalue weighted by molar-refractivity contribution is -0.140. The Hall–Kier alpha value is -1.98. The third kappa shape index (κ3) is 2.64. The SMILES string of the molecule is O=C(O)[C@H]1C[C@H]1C(=O)NCc1ccc(F)cc1F. The highest BCUT2D eigenvalue weighted by Gasteiger charge is 2.48. The number of halogens is 2. The van der Waals surface area contributed by atoms with Crippen LogP contribution >= 0.6 is 0 Å². The molecule has 2 rings (SSSR count). The highest BCUT2D eigenvalue weighted by atomic mass is 19.1. The fourth-order valence-corrected chi connectivity index (χ4v) is 1.74. The van der Waals surface area contributed by atoms with Gasteiger partial charge in [-0.3, -0.25) is 9.59 Å². The van der Waals surface area contributed by atoms with E-state index >= 15 is 0 Å². The molecule has 1 fully saturated rings. The molecule has 0 radical (unpaired) electrons. The van der Waals surface area contributed by atoms with Crippen molar-refractivity contribution in [3.63, 3.8) is 0 Å². The van der Waals surface area contributed by atoms with E-state index in [4.69, 9.17) is 5.11 Å². The third-order valence-corrected chi connectivity index (χ3v) is 2.91. The zero-order chi connectivity index (χ0) is 13.3. The zero-order valence-corrected chi connectivity index (χ0v) is 9.32. The minimum atomic E-state index is -0.997. The van der Waals surface area contributed by atoms with Gasteiger partial charge in [-0.15, -0.1) is 0 Å². The number of amides is 1. The second-order valence-corrected chi connectivity index (χ2v) is 4.24. The minimum absolute atomic E-state index is 0.0756. The molecule has 1 aliphatic carbocycles. The van der Waals surface area contributed by atoms with E-state index < -0.39 is 35.3 Å². The van der Waals surface area contributed by atoms with Crippen LogP contribution in [0.4, 0.5) is 8.78 Å². The molecule has 0 heterocycles. The Balaban J connectivity index is 1.89. The number of carbonyl (C=O) groups is 2. The largest absolute Gasteiger partial charge is 0.481 e. The Labute approximate surface area is 102 Å². The molecule has 0 saturated heterocycles. The molecule has 0 unspecified atom stereocenters. The zero-order valence-electron chi connectivity index (χ0n) is 9.32. The summed E-state index contributed by atoms with van der Waals surface area (Å²) in [6.45, 7) is -0.0756. The minimum Gasteiger partial charge on any atom is -0.481 e. The van der Waals surface area contributed by atoms with E-state index in [0.717, 1.165) is 12.1 Å². The fourth-order valence-electron chi connectivity index (χ4n) is 1.74. The maximum atomic E-state index is 13.2. The van der Waals surface area contributed by atoms with E-state index in [1.165, 1.54) is 6.07 Å². The summed E-state index contributed by atoms with van der Waals surface area (Å²) in [5.74, 6) is -4.00. The highest BCUT2D eigenvalue weighted by Crippen LogP contribution is 2.38. The lowest BCUT2D eigenvalue weighted by Crippen LogP contribution is -2.26. The maximum Gasteiger partial charge on any atom is 0.307 e. The van der Waals surface area contributed by atoms with Crippen LogP contribution in [0.2, 0.25) is 0 Å². The van der Waals surface area contributed by atoms with Gasteiger partial charge >= 0.3 is 5.97 Å². The smallest absolute Gasteiger partial charge is 0.307 e. The van der Waals surface area contributed by atoms with Crippen LogP contribution in [0.5, 0.6) is 0 Å². The number of hydrogen-bond donors (Lipinski definition) is 2. The van der Waals surface area contributed by atoms with Crippen molar-refractivity contribution in [2.75, 3.05) is 0 Å². The van der Waals surface area contributed by atoms with E-state index in [1.54, 1.807) is 0 Å². The fraction of sp³-hybridized carbons (Fsp3) is 0.333. The molecular formula is C12H11F2NO3. The highest BCUT2D eigenvalue weighted by molar-refractivity contribution is 5.89. The maximum absolute atomic E-state index is 13.2. The predicted octanol–water partition coefficient (Wildman–Crippen LogP) is 1.30. The molecule has 1 aliphatic rings. The summed E-state index contributed by atoms with van der Waals surface area (Å²) in [5.41, 5.74) is 0.164. The molecule has 0 aliphatic heterocycles. The van der Waals surface area contributed by atoms with Gasteiger partial charge < -0.3 is 10.4 Å². The first-order valence-electron chi connectivity index (χ1n) is 5.43. The van der Waals surface area contributed by atoms with Crippen LogP contribution in [0.1, 0.15) is 12.0 Å². The molecule has 1 aromatic carbocycles. The van der Waals surface area contributed by atoms with Crippen molar-refractivity contribution in [1.82, 2.24) is 5.32 Å². The molecule has 0 aromatic heterocycles. The van der Waals surface area contributed by atoms with Gasteiger partial charge in [0.05, 0.1) is 11.8 Å². The Morgan fingerprint density at radius 1 is 1.33 bits per heavy atom. The van der Waals surface area contributed by atoms with Gasteiger partial charge in [-0.1, -0.05) is 6.07 Å². The summed E-state index contributed by atoms with van der Waals surface area (Å²) in [5, 5.41) is 11.1. The number of nitrogens with one attached hydrogen (secondary N) is 1. The average Bonchev–Trinajstić information content (AvgIpc) is 3.07. The molecule has 1 saturated carbocycles. The van der Waals surface area contributed by atoms with Crippen LogP contribution < -0.4 is 5.32 Å². The van der Waals surface area contributed by atoms with Gasteiger partial charge in [0.2, 0.25) is 5.91 Å². The summed E-state index contributed by atoms with van der Waals surface area (Å²) in [7, 11) is 0. The van der Waals surface area contributed by atoms with E-state index in [0.29, 0.717) is 6.42 Å². The second kappa shape index (κ2) is 4.72. The van der Waals surface area contributed by atoms with Gasteiger partial charge in [-0.05, 0) is 12.5 Å². The van der Waals surface area contributed by atoms with Crippen molar-refractivity contribution < 1.29 is 23.5 Å². The monoisotopic (exact) mass is 255 g/mol. The third-order valence-electron chi connectivity index (χ3n) is 2.91. The molecule has 18 heavy (non-hydrogen) atoms. The van der Waals surface area contributed by atoms with E-state index in [-0.39, 0.29) is 12.1 Å². The number of benzene rings is 1. The summed E-state index contributed by atoms with van der Waals surface area (Å²) in [4.78, 5) is 22.1. The molecule has 2 N–H and O–H groups in total. The van der Waals surface area contributed by atoms with Crippen molar-refractivity contribution in [3.8, 4) is 0 Å². The molecule has 4 nitrogen and oxygen atoms in total. The van der Waals surface area contributed by atoms with Crippen LogP contribution in [-0.2, 0) is 16.1 Å². The van der Waals surface area contributed by atoms with Gasteiger partial charge in [-0.25, -0.2) is 8.78 Å². The first-order valence-corrected chi connectivity index (χ1v) is 5.43. The Kier molecular flexibility index (Phi) is 3.27. The molecule has 1 aromatic rings. The van der Waals surface area contributed by atoms with Crippen LogP contribution in [0.15, 0.2) is 18.2 Å². The van der Waals surface area contributed by atoms with Gasteiger partial charge in [0.15, 0.2) is 0 Å². The van der Waals surface area contributed by atoms with Crippen molar-refractivity contribution in [1.29, 1.82) is 0 Å². The van der Waals surface area contributed by atoms with Crippen molar-refractivity contribution in [2.45, 2.75) is 13.0 Å². The van der Waals surface area contributed by atoms with Crippen molar-refractivity contribution >= 4 is 11.9 Å². The number of carbonyl (C=O) groups excluding carboxylic acids is 1. The lowest BCUT2D eigenvalue weighted by Gasteiger charge is -2.05. The molecule has 6 heteroatoms. The standard InChI is InChI=1S/C12H11F2NO3/c13-7-2-1-6(10(14)3-7)5-15-11(16)8-4-9(8)12(17)18/h1-3,8-9H,4-5H2,(H,15,16)(H,17,18)/t8-,9+/m1/s1. The normalized spacial score (nSPS) is 21.4. The quantitative estimate of drug-likeness (QED) is 0.852. The predicted molar refractivity (Wildman–Crippen MR) is 57.4 cm³/mol. The second-order valence-electron chi connectivity index (χ2n) is 4.24. The average molecular weight is 255 g/mol. The molecule has 96 valence electrons. The Morgan fingerprint density at radius 2 is 2.06 bits per heavy atom.